The van der Waals surface area contributed by atoms with E-state index in [0.717, 1.165) is 28.1 Å². The van der Waals surface area contributed by atoms with Crippen LogP contribution >= 0.6 is 0 Å². The average molecular weight is 1010 g/mol. The molecule has 0 amide bonds. The van der Waals surface area contributed by atoms with Gasteiger partial charge in [-0.15, -0.1) is 6.58 Å². The van der Waals surface area contributed by atoms with E-state index in [0.29, 0.717) is 0 Å². The highest BCUT2D eigenvalue weighted by molar-refractivity contribution is 6.20. The van der Waals surface area contributed by atoms with Gasteiger partial charge in [-0.05, 0) is 148 Å². The maximum atomic E-state index is 4.23. The molecule has 0 radical (unpaired) electrons. The van der Waals surface area contributed by atoms with Gasteiger partial charge < -0.3 is 9.13 Å². The van der Waals surface area contributed by atoms with Gasteiger partial charge in [-0.3, -0.25) is 0 Å². The van der Waals surface area contributed by atoms with Gasteiger partial charge >= 0.3 is 0 Å². The molecule has 0 unspecified atom stereocenters. The Morgan fingerprint density at radius 2 is 0.897 bits per heavy atom. The number of rotatable bonds is 9. The highest BCUT2D eigenvalue weighted by Crippen LogP contribution is 2.50. The first-order valence-corrected chi connectivity index (χ1v) is 26.8. The molecule has 0 N–H and O–H groups in total. The Morgan fingerprint density at radius 1 is 0.359 bits per heavy atom. The fourth-order valence-electron chi connectivity index (χ4n) is 11.2. The summed E-state index contributed by atoms with van der Waals surface area (Å²) in [6, 6.07) is 76.2. The van der Waals surface area contributed by atoms with Crippen LogP contribution in [0.2, 0.25) is 0 Å². The highest BCUT2D eigenvalue weighted by atomic mass is 15.0. The lowest BCUT2D eigenvalue weighted by Crippen LogP contribution is -1.96. The summed E-state index contributed by atoms with van der Waals surface area (Å²) in [6.07, 6.45) is 19.3. The molecule has 13 rings (SSSR count). The predicted molar refractivity (Wildman–Crippen MR) is 344 cm³/mol. The summed E-state index contributed by atoms with van der Waals surface area (Å²) in [4.78, 5) is 0. The van der Waals surface area contributed by atoms with Gasteiger partial charge in [0.25, 0.3) is 0 Å². The van der Waals surface area contributed by atoms with Gasteiger partial charge in [-0.25, -0.2) is 0 Å². The maximum Gasteiger partial charge on any atom is 0.0619 e. The number of allylic oxidation sites excluding steroid dienone is 8. The van der Waals surface area contributed by atoms with Crippen molar-refractivity contribution in [1.82, 2.24) is 9.13 Å². The predicted octanol–water partition coefficient (Wildman–Crippen LogP) is 22.0. The molecule has 0 spiro atoms. The zero-order valence-electron chi connectivity index (χ0n) is 45.1. The van der Waals surface area contributed by atoms with E-state index in [-0.39, 0.29) is 0 Å². The summed E-state index contributed by atoms with van der Waals surface area (Å²) in [5.74, 6) is 0. The van der Waals surface area contributed by atoms with Crippen molar-refractivity contribution in [3.05, 3.63) is 292 Å². The number of aromatic nitrogens is 2. The Morgan fingerprint density at radius 3 is 1.56 bits per heavy atom. The molecule has 0 saturated carbocycles. The van der Waals surface area contributed by atoms with Crippen molar-refractivity contribution in [2.45, 2.75) is 27.7 Å². The largest absolute Gasteiger partial charge is 0.309 e. The third-order valence-corrected chi connectivity index (χ3v) is 14.4. The van der Waals surface area contributed by atoms with Gasteiger partial charge in [0.2, 0.25) is 0 Å². The van der Waals surface area contributed by atoms with E-state index in [1.54, 1.807) is 18.2 Å². The lowest BCUT2D eigenvalue weighted by atomic mass is 9.89. The molecule has 0 atom stereocenters. The summed E-state index contributed by atoms with van der Waals surface area (Å²) < 4.78 is 4.83. The van der Waals surface area contributed by atoms with E-state index in [2.05, 4.69) is 261 Å². The molecule has 78 heavy (non-hydrogen) atoms. The van der Waals surface area contributed by atoms with Crippen molar-refractivity contribution in [2.24, 2.45) is 0 Å². The molecule has 0 fully saturated rings. The molecule has 0 saturated heterocycles. The third kappa shape index (κ3) is 9.50. The van der Waals surface area contributed by atoms with Crippen LogP contribution in [0.1, 0.15) is 39.0 Å². The van der Waals surface area contributed by atoms with Crippen molar-refractivity contribution in [3.63, 3.8) is 0 Å². The van der Waals surface area contributed by atoms with Gasteiger partial charge in [-0.2, -0.15) is 0 Å². The molecule has 1 aliphatic rings. The van der Waals surface area contributed by atoms with Crippen LogP contribution in [0.15, 0.2) is 281 Å². The number of para-hydroxylation sites is 1. The van der Waals surface area contributed by atoms with E-state index in [9.17, 15) is 0 Å². The molecule has 0 aliphatic heterocycles. The first-order valence-electron chi connectivity index (χ1n) is 26.8. The standard InChI is InChI=1S/C63H42N2.C6H10.C4H6.C3H6/c1-3-15-59-46(4-2)53-33-29-43(39-61(53)64(59)44-17-6-5-7-18-44)42-30-37-60-58(38-42)57-34-28-40-16-8-9-20-48(40)63(57)65(60)45-31-26-41(27-32-45)47-19-10-11-21-49(47)52-35-36-56-51-23-13-12-22-50(51)54-24-14-25-55(52)62(54)56;1-3-5-6-4-2;1-3-4-2;1-3-2/h3-39H,2H2,1H3;3-6H,1-2H3;3-4H,1-2H2;3H,1H2,2H3/b15-3-;5-3-,6-4-;;. The van der Waals surface area contributed by atoms with Crippen molar-refractivity contribution >= 4 is 66.4 Å². The quantitative estimate of drug-likeness (QED) is 0.101. The van der Waals surface area contributed by atoms with Crippen LogP contribution in [0.25, 0.3) is 133 Å². The van der Waals surface area contributed by atoms with Crippen LogP contribution in [0.3, 0.4) is 0 Å². The van der Waals surface area contributed by atoms with E-state index < -0.39 is 0 Å². The van der Waals surface area contributed by atoms with Crippen LogP contribution in [-0.4, -0.2) is 9.13 Å². The Balaban J connectivity index is 0.000000479. The lowest BCUT2D eigenvalue weighted by molar-refractivity contribution is 1.10. The Hall–Kier alpha value is -9.76. The second kappa shape index (κ2) is 23.4. The van der Waals surface area contributed by atoms with Crippen LogP contribution in [0.4, 0.5) is 0 Å². The smallest absolute Gasteiger partial charge is 0.0619 e. The molecule has 2 heteroatoms. The Labute approximate surface area is 460 Å². The lowest BCUT2D eigenvalue weighted by Gasteiger charge is -2.15. The molecule has 2 nitrogen and oxygen atoms in total. The summed E-state index contributed by atoms with van der Waals surface area (Å²) >= 11 is 0. The summed E-state index contributed by atoms with van der Waals surface area (Å²) in [7, 11) is 0. The molecular formula is C76H64N2. The van der Waals surface area contributed by atoms with Crippen LogP contribution in [0, 0.1) is 0 Å². The van der Waals surface area contributed by atoms with E-state index in [4.69, 9.17) is 0 Å². The maximum absolute atomic E-state index is 4.23. The van der Waals surface area contributed by atoms with Gasteiger partial charge in [0.05, 0.1) is 22.2 Å². The van der Waals surface area contributed by atoms with Gasteiger partial charge in [-0.1, -0.05) is 238 Å². The van der Waals surface area contributed by atoms with Crippen LogP contribution in [0.5, 0.6) is 0 Å². The van der Waals surface area contributed by atoms with Gasteiger partial charge in [0.15, 0.2) is 0 Å². The minimum absolute atomic E-state index is 1.13. The fraction of sp³-hybridized carbons (Fsp3) is 0.0526. The molecule has 0 bridgehead atoms. The Bertz CT molecular complexity index is 4250. The number of fused-ring (bicyclic) bond motifs is 9. The molecule has 12 aromatic rings. The zero-order chi connectivity index (χ0) is 54.1. The van der Waals surface area contributed by atoms with Gasteiger partial charge in [0, 0.05) is 38.5 Å². The molecular weight excluding hydrogens is 941 g/mol. The zero-order valence-corrected chi connectivity index (χ0v) is 45.1. The third-order valence-electron chi connectivity index (χ3n) is 14.4. The second-order valence-electron chi connectivity index (χ2n) is 19.1. The minimum Gasteiger partial charge on any atom is -0.309 e. The molecule has 10 aromatic carbocycles. The van der Waals surface area contributed by atoms with Gasteiger partial charge in [0.1, 0.15) is 0 Å². The van der Waals surface area contributed by atoms with Crippen molar-refractivity contribution in [2.75, 3.05) is 0 Å². The molecule has 378 valence electrons. The highest BCUT2D eigenvalue weighted by Gasteiger charge is 2.24. The van der Waals surface area contributed by atoms with E-state index >= 15 is 0 Å². The summed E-state index contributed by atoms with van der Waals surface area (Å²) in [5, 5.41) is 8.76. The summed E-state index contributed by atoms with van der Waals surface area (Å²) in [6.45, 7) is 22.3. The fourth-order valence-corrected chi connectivity index (χ4v) is 11.2. The minimum atomic E-state index is 1.13. The number of hydrogen-bond acceptors (Lipinski definition) is 0. The first-order chi connectivity index (χ1) is 38.4. The first kappa shape index (κ1) is 51.7. The molecule has 2 heterocycles. The van der Waals surface area contributed by atoms with Crippen molar-refractivity contribution < 1.29 is 0 Å². The summed E-state index contributed by atoms with van der Waals surface area (Å²) in [5.41, 5.74) is 20.6. The monoisotopic (exact) mass is 1000 g/mol. The molecule has 2 aromatic heterocycles. The average Bonchev–Trinajstić information content (AvgIpc) is 4.35. The second-order valence-corrected chi connectivity index (χ2v) is 19.1. The van der Waals surface area contributed by atoms with E-state index in [1.807, 2.05) is 51.2 Å². The van der Waals surface area contributed by atoms with Crippen molar-refractivity contribution in [3.8, 4) is 67.0 Å². The normalized spacial score (nSPS) is 11.4. The Kier molecular flexibility index (Phi) is 15.5. The van der Waals surface area contributed by atoms with Crippen LogP contribution < -0.4 is 0 Å². The molecule has 1 aliphatic carbocycles. The number of hydrogen-bond donors (Lipinski definition) is 0. The topological polar surface area (TPSA) is 9.86 Å². The van der Waals surface area contributed by atoms with Crippen LogP contribution in [-0.2, 0) is 0 Å². The number of nitrogens with zero attached hydrogens (tertiary/aromatic N) is 2. The SMILES string of the molecule is C/C=C\C=C/C.C=CC.C=CC=C.C=Cc1c(/C=C\C)n(-c2ccccc2)c2cc(-c3ccc4c(c3)c3ccc5ccccc5c3n4-c3ccc(-c4ccccc4-c4ccc5c6c(cccc46)-c4ccccc4-5)cc3)ccc12. The number of benzene rings is 10. The van der Waals surface area contributed by atoms with E-state index in [1.165, 1.54) is 104 Å². The van der Waals surface area contributed by atoms with Crippen molar-refractivity contribution in [1.29, 1.82) is 0 Å².